The van der Waals surface area contributed by atoms with Gasteiger partial charge in [0.25, 0.3) is 5.91 Å². The van der Waals surface area contributed by atoms with Crippen LogP contribution in [-0.2, 0) is 6.18 Å². The van der Waals surface area contributed by atoms with Gasteiger partial charge < -0.3 is 10.0 Å². The van der Waals surface area contributed by atoms with Crippen molar-refractivity contribution >= 4 is 11.4 Å². The molecule has 0 atom stereocenters. The number of nitrogens with zero attached hydrogens (tertiary/aromatic N) is 3. The summed E-state index contributed by atoms with van der Waals surface area (Å²) in [5, 5.41) is 13.6. The Morgan fingerprint density at radius 3 is 2.61 bits per heavy atom. The second-order valence-electron chi connectivity index (χ2n) is 6.40. The molecular formula is C20H20F3N3O2. The van der Waals surface area contributed by atoms with Gasteiger partial charge >= 0.3 is 6.18 Å². The van der Waals surface area contributed by atoms with Crippen molar-refractivity contribution in [2.75, 3.05) is 19.7 Å². The second kappa shape index (κ2) is 7.63. The first-order chi connectivity index (χ1) is 13.3. The molecule has 148 valence electrons. The first-order valence-corrected chi connectivity index (χ1v) is 8.83. The molecule has 0 bridgehead atoms. The predicted molar refractivity (Wildman–Crippen MR) is 99.0 cm³/mol. The van der Waals surface area contributed by atoms with Gasteiger partial charge in [0.2, 0.25) is 0 Å². The zero-order valence-corrected chi connectivity index (χ0v) is 15.5. The van der Waals surface area contributed by atoms with Crippen molar-refractivity contribution in [3.8, 4) is 11.3 Å². The molecule has 0 saturated heterocycles. The van der Waals surface area contributed by atoms with E-state index < -0.39 is 11.7 Å². The zero-order valence-electron chi connectivity index (χ0n) is 15.5. The van der Waals surface area contributed by atoms with Crippen molar-refractivity contribution in [3.63, 3.8) is 0 Å². The lowest BCUT2D eigenvalue weighted by atomic mass is 10.0. The topological polar surface area (TPSA) is 57.8 Å². The van der Waals surface area contributed by atoms with Crippen molar-refractivity contribution in [1.82, 2.24) is 14.5 Å². The minimum absolute atomic E-state index is 0.135. The Bertz CT molecular complexity index is 1010. The molecule has 0 radical (unpaired) electrons. The van der Waals surface area contributed by atoms with Gasteiger partial charge in [0.05, 0.1) is 34.6 Å². The fraction of sp³-hybridized carbons (Fsp3) is 0.300. The van der Waals surface area contributed by atoms with E-state index in [0.29, 0.717) is 23.4 Å². The number of carbonyl (C=O) groups excluding carboxylic acids is 1. The van der Waals surface area contributed by atoms with Crippen LogP contribution in [0.25, 0.3) is 16.8 Å². The minimum atomic E-state index is -4.50. The fourth-order valence-electron chi connectivity index (χ4n) is 3.12. The Morgan fingerprint density at radius 1 is 1.21 bits per heavy atom. The van der Waals surface area contributed by atoms with Gasteiger partial charge in [-0.05, 0) is 44.2 Å². The molecule has 0 aliphatic carbocycles. The predicted octanol–water partition coefficient (Wildman–Crippen LogP) is 3.78. The van der Waals surface area contributed by atoms with Crippen LogP contribution in [-0.4, -0.2) is 45.2 Å². The molecule has 0 spiro atoms. The smallest absolute Gasteiger partial charge is 0.395 e. The van der Waals surface area contributed by atoms with Gasteiger partial charge in [-0.25, -0.2) is 4.52 Å². The number of alkyl halides is 3. The Labute approximate surface area is 160 Å². The Hall–Kier alpha value is -2.87. The number of fused-ring (bicyclic) bond motifs is 1. The van der Waals surface area contributed by atoms with E-state index in [-0.39, 0.29) is 30.2 Å². The number of aryl methyl sites for hydroxylation is 1. The van der Waals surface area contributed by atoms with Crippen molar-refractivity contribution in [2.45, 2.75) is 20.0 Å². The van der Waals surface area contributed by atoms with Gasteiger partial charge in [0, 0.05) is 18.7 Å². The Morgan fingerprint density at radius 2 is 1.96 bits per heavy atom. The molecule has 3 rings (SSSR count). The molecule has 8 heteroatoms. The summed E-state index contributed by atoms with van der Waals surface area (Å²) in [4.78, 5) is 14.5. The highest BCUT2D eigenvalue weighted by Crippen LogP contribution is 2.34. The van der Waals surface area contributed by atoms with Gasteiger partial charge in [-0.3, -0.25) is 4.79 Å². The monoisotopic (exact) mass is 391 g/mol. The average Bonchev–Trinajstić information content (AvgIpc) is 3.03. The molecule has 1 amide bonds. The number of likely N-dealkylation sites (N-methyl/N-ethyl adjacent to an activating group) is 1. The number of hydrogen-bond donors (Lipinski definition) is 1. The maximum Gasteiger partial charge on any atom is 0.416 e. The third-order valence-electron chi connectivity index (χ3n) is 4.49. The first-order valence-electron chi connectivity index (χ1n) is 8.83. The molecule has 1 N–H and O–H groups in total. The van der Waals surface area contributed by atoms with Gasteiger partial charge in [0.15, 0.2) is 0 Å². The van der Waals surface area contributed by atoms with Crippen LogP contribution in [0, 0.1) is 6.92 Å². The number of aliphatic hydroxyl groups is 1. The molecule has 0 fully saturated rings. The number of aromatic nitrogens is 2. The molecule has 0 saturated carbocycles. The van der Waals surface area contributed by atoms with E-state index in [1.807, 2.05) is 0 Å². The van der Waals surface area contributed by atoms with Crippen LogP contribution >= 0.6 is 0 Å². The van der Waals surface area contributed by atoms with Crippen molar-refractivity contribution in [3.05, 3.63) is 59.3 Å². The van der Waals surface area contributed by atoms with Crippen LogP contribution in [0.2, 0.25) is 0 Å². The number of aliphatic hydroxyl groups excluding tert-OH is 1. The van der Waals surface area contributed by atoms with E-state index in [1.54, 1.807) is 32.0 Å². The standard InChI is InChI=1S/C20H20F3N3O2/c1-3-25(9-10-27)19(28)17-12-16-8-7-13(2)24-26(16)18(17)14-5-4-6-15(11-14)20(21,22)23/h4-8,11-12,27H,3,9-10H2,1-2H3. The third kappa shape index (κ3) is 3.73. The maximum atomic E-state index is 13.2. The molecule has 0 aliphatic heterocycles. The lowest BCUT2D eigenvalue weighted by Gasteiger charge is -2.20. The summed E-state index contributed by atoms with van der Waals surface area (Å²) in [7, 11) is 0. The summed E-state index contributed by atoms with van der Waals surface area (Å²) in [5.74, 6) is -0.368. The molecule has 2 heterocycles. The highest BCUT2D eigenvalue weighted by atomic mass is 19.4. The van der Waals surface area contributed by atoms with E-state index in [4.69, 9.17) is 0 Å². The summed E-state index contributed by atoms with van der Waals surface area (Å²) in [6, 6.07) is 10.00. The molecule has 1 aromatic carbocycles. The molecule has 0 aliphatic rings. The summed E-state index contributed by atoms with van der Waals surface area (Å²) in [6.45, 7) is 3.83. The molecule has 28 heavy (non-hydrogen) atoms. The lowest BCUT2D eigenvalue weighted by Crippen LogP contribution is -2.33. The SMILES string of the molecule is CCN(CCO)C(=O)c1cc2ccc(C)nn2c1-c1cccc(C(F)(F)F)c1. The first kappa shape index (κ1) is 19.9. The lowest BCUT2D eigenvalue weighted by molar-refractivity contribution is -0.137. The highest BCUT2D eigenvalue weighted by molar-refractivity contribution is 6.02. The largest absolute Gasteiger partial charge is 0.416 e. The number of carbonyl (C=O) groups is 1. The van der Waals surface area contributed by atoms with Gasteiger partial charge in [-0.2, -0.15) is 18.3 Å². The minimum Gasteiger partial charge on any atom is -0.395 e. The van der Waals surface area contributed by atoms with Crippen LogP contribution in [0.3, 0.4) is 0 Å². The molecular weight excluding hydrogens is 371 g/mol. The maximum absolute atomic E-state index is 13.2. The second-order valence-corrected chi connectivity index (χ2v) is 6.40. The Kier molecular flexibility index (Phi) is 5.42. The quantitative estimate of drug-likeness (QED) is 0.720. The van der Waals surface area contributed by atoms with Crippen LogP contribution in [0.1, 0.15) is 28.5 Å². The van der Waals surface area contributed by atoms with E-state index in [9.17, 15) is 23.1 Å². The fourth-order valence-corrected chi connectivity index (χ4v) is 3.12. The van der Waals surface area contributed by atoms with Crippen molar-refractivity contribution in [2.24, 2.45) is 0 Å². The van der Waals surface area contributed by atoms with E-state index in [1.165, 1.54) is 21.5 Å². The summed E-state index contributed by atoms with van der Waals surface area (Å²) < 4.78 is 41.1. The van der Waals surface area contributed by atoms with E-state index >= 15 is 0 Å². The molecule has 2 aromatic heterocycles. The highest BCUT2D eigenvalue weighted by Gasteiger charge is 2.31. The Balaban J connectivity index is 2.25. The number of hydrogen-bond acceptors (Lipinski definition) is 3. The zero-order chi connectivity index (χ0) is 20.5. The van der Waals surface area contributed by atoms with Crippen LogP contribution < -0.4 is 0 Å². The summed E-state index contributed by atoms with van der Waals surface area (Å²) in [6.07, 6.45) is -4.50. The van der Waals surface area contributed by atoms with Gasteiger partial charge in [0.1, 0.15) is 0 Å². The summed E-state index contributed by atoms with van der Waals surface area (Å²) >= 11 is 0. The van der Waals surface area contributed by atoms with E-state index in [0.717, 1.165) is 12.1 Å². The summed E-state index contributed by atoms with van der Waals surface area (Å²) in [5.41, 5.74) is 1.25. The van der Waals surface area contributed by atoms with Crippen LogP contribution in [0.4, 0.5) is 13.2 Å². The normalized spacial score (nSPS) is 11.8. The number of benzene rings is 1. The third-order valence-corrected chi connectivity index (χ3v) is 4.49. The average molecular weight is 391 g/mol. The molecule has 0 unspecified atom stereocenters. The van der Waals surface area contributed by atoms with Crippen LogP contribution in [0.15, 0.2) is 42.5 Å². The van der Waals surface area contributed by atoms with Crippen molar-refractivity contribution < 1.29 is 23.1 Å². The van der Waals surface area contributed by atoms with Gasteiger partial charge in [-0.1, -0.05) is 12.1 Å². The van der Waals surface area contributed by atoms with E-state index in [2.05, 4.69) is 5.10 Å². The van der Waals surface area contributed by atoms with Crippen molar-refractivity contribution in [1.29, 1.82) is 0 Å². The molecule has 5 nitrogen and oxygen atoms in total. The number of amides is 1. The number of halogens is 3. The molecule has 3 aromatic rings. The van der Waals surface area contributed by atoms with Gasteiger partial charge in [-0.15, -0.1) is 0 Å². The number of rotatable bonds is 5. The van der Waals surface area contributed by atoms with Crippen LogP contribution in [0.5, 0.6) is 0 Å².